The second kappa shape index (κ2) is 4.99. The highest BCUT2D eigenvalue weighted by Gasteiger charge is 2.05. The fourth-order valence-electron chi connectivity index (χ4n) is 0.537. The van der Waals surface area contributed by atoms with Gasteiger partial charge < -0.3 is 9.84 Å². The molecule has 10 heavy (non-hydrogen) atoms. The fraction of sp³-hybridized carbons (Fsp3) is 0.571. The van der Waals surface area contributed by atoms with Gasteiger partial charge in [0.25, 0.3) is 0 Å². The molecule has 0 radical (unpaired) electrons. The van der Waals surface area contributed by atoms with E-state index in [0.717, 1.165) is 0 Å². The minimum absolute atomic E-state index is 0.0494. The Kier molecular flexibility index (Phi) is 4.58. The zero-order valence-electron chi connectivity index (χ0n) is 6.04. The summed E-state index contributed by atoms with van der Waals surface area (Å²) in [6, 6.07) is 0. The van der Waals surface area contributed by atoms with Crippen molar-refractivity contribution in [1.82, 2.24) is 0 Å². The molecule has 0 saturated heterocycles. The zero-order chi connectivity index (χ0) is 7.98. The topological polar surface area (TPSA) is 46.5 Å². The van der Waals surface area contributed by atoms with Crippen molar-refractivity contribution in [3.8, 4) is 0 Å². The molecule has 0 amide bonds. The molecular weight excluding hydrogens is 132 g/mol. The molecule has 0 aliphatic heterocycles. The van der Waals surface area contributed by atoms with Gasteiger partial charge in [0.2, 0.25) is 0 Å². The predicted octanol–water partition coefficient (Wildman–Crippen LogP) is 1.05. The maximum Gasteiger partial charge on any atom is 0.305 e. The molecule has 0 aromatic rings. The van der Waals surface area contributed by atoms with Crippen LogP contribution in [0.1, 0.15) is 13.3 Å². The molecule has 0 aromatic carbocycles. The van der Waals surface area contributed by atoms with Crippen LogP contribution in [0.4, 0.5) is 0 Å². The van der Waals surface area contributed by atoms with Gasteiger partial charge >= 0.3 is 5.97 Å². The lowest BCUT2D eigenvalue weighted by Gasteiger charge is -2.07. The Labute approximate surface area is 60.3 Å². The lowest BCUT2D eigenvalue weighted by atomic mass is 10.3. The van der Waals surface area contributed by atoms with Crippen LogP contribution in [0.3, 0.4) is 0 Å². The van der Waals surface area contributed by atoms with Crippen molar-refractivity contribution in [2.24, 2.45) is 0 Å². The number of carboxylic acids is 1. The first-order valence-corrected chi connectivity index (χ1v) is 3.11. The van der Waals surface area contributed by atoms with Gasteiger partial charge in [0.15, 0.2) is 0 Å². The van der Waals surface area contributed by atoms with Crippen molar-refractivity contribution in [3.05, 3.63) is 12.7 Å². The molecule has 0 aliphatic carbocycles. The molecule has 0 aliphatic rings. The molecule has 0 heterocycles. The van der Waals surface area contributed by atoms with Crippen LogP contribution in [0.2, 0.25) is 0 Å². The summed E-state index contributed by atoms with van der Waals surface area (Å²) >= 11 is 0. The Morgan fingerprint density at radius 2 is 2.50 bits per heavy atom. The first-order chi connectivity index (χ1) is 4.66. The summed E-state index contributed by atoms with van der Waals surface area (Å²) in [5.74, 6) is -0.837. The molecule has 0 bridgehead atoms. The summed E-state index contributed by atoms with van der Waals surface area (Å²) in [4.78, 5) is 10.1. The van der Waals surface area contributed by atoms with Crippen molar-refractivity contribution >= 4 is 5.97 Å². The molecule has 0 unspecified atom stereocenters. The molecule has 3 heteroatoms. The summed E-state index contributed by atoms with van der Waals surface area (Å²) in [7, 11) is 0. The highest BCUT2D eigenvalue weighted by atomic mass is 16.5. The lowest BCUT2D eigenvalue weighted by molar-refractivity contribution is -0.139. The number of hydrogen-bond donors (Lipinski definition) is 1. The Morgan fingerprint density at radius 1 is 1.90 bits per heavy atom. The van der Waals surface area contributed by atoms with Gasteiger partial charge in [0.05, 0.1) is 19.1 Å². The van der Waals surface area contributed by atoms with Gasteiger partial charge in [-0.05, 0) is 6.92 Å². The highest BCUT2D eigenvalue weighted by Crippen LogP contribution is 1.96. The molecule has 1 N–H and O–H groups in total. The normalized spacial score (nSPS) is 12.5. The van der Waals surface area contributed by atoms with E-state index >= 15 is 0 Å². The maximum atomic E-state index is 10.1. The van der Waals surface area contributed by atoms with Gasteiger partial charge in [-0.1, -0.05) is 6.08 Å². The van der Waals surface area contributed by atoms with Gasteiger partial charge in [-0.25, -0.2) is 0 Å². The van der Waals surface area contributed by atoms with E-state index in [4.69, 9.17) is 9.84 Å². The van der Waals surface area contributed by atoms with Crippen molar-refractivity contribution in [2.45, 2.75) is 19.4 Å². The average Bonchev–Trinajstić information content (AvgIpc) is 1.82. The van der Waals surface area contributed by atoms with Gasteiger partial charge in [-0.2, -0.15) is 0 Å². The fourth-order valence-corrected chi connectivity index (χ4v) is 0.537. The van der Waals surface area contributed by atoms with Crippen LogP contribution in [0.25, 0.3) is 0 Å². The molecule has 0 saturated carbocycles. The van der Waals surface area contributed by atoms with Crippen molar-refractivity contribution in [1.29, 1.82) is 0 Å². The Hall–Kier alpha value is -0.830. The maximum absolute atomic E-state index is 10.1. The second-order valence-corrected chi connectivity index (χ2v) is 2.03. The van der Waals surface area contributed by atoms with Gasteiger partial charge in [-0.15, -0.1) is 6.58 Å². The molecule has 0 spiro atoms. The molecular formula is C7H12O3. The number of rotatable bonds is 5. The molecule has 58 valence electrons. The smallest absolute Gasteiger partial charge is 0.305 e. The first-order valence-electron chi connectivity index (χ1n) is 3.11. The Morgan fingerprint density at radius 3 is 2.90 bits per heavy atom. The molecule has 1 atom stereocenters. The number of hydrogen-bond acceptors (Lipinski definition) is 2. The van der Waals surface area contributed by atoms with Gasteiger partial charge in [0.1, 0.15) is 0 Å². The molecule has 0 fully saturated rings. The van der Waals surface area contributed by atoms with Gasteiger partial charge in [-0.3, -0.25) is 4.79 Å². The first kappa shape index (κ1) is 9.17. The second-order valence-electron chi connectivity index (χ2n) is 2.03. The monoisotopic (exact) mass is 144 g/mol. The minimum Gasteiger partial charge on any atom is -0.481 e. The SMILES string of the molecule is C=CCO[C@H](C)CC(=O)O. The van der Waals surface area contributed by atoms with Crippen molar-refractivity contribution in [3.63, 3.8) is 0 Å². The van der Waals surface area contributed by atoms with E-state index < -0.39 is 5.97 Å². The van der Waals surface area contributed by atoms with Crippen LogP contribution >= 0.6 is 0 Å². The van der Waals surface area contributed by atoms with Crippen LogP contribution in [-0.2, 0) is 9.53 Å². The van der Waals surface area contributed by atoms with Crippen LogP contribution in [0.5, 0.6) is 0 Å². The predicted molar refractivity (Wildman–Crippen MR) is 37.9 cm³/mol. The zero-order valence-corrected chi connectivity index (χ0v) is 6.04. The Balaban J connectivity index is 3.33. The number of ether oxygens (including phenoxy) is 1. The van der Waals surface area contributed by atoms with Crippen LogP contribution in [-0.4, -0.2) is 23.8 Å². The largest absolute Gasteiger partial charge is 0.481 e. The molecule has 0 rings (SSSR count). The third kappa shape index (κ3) is 5.31. The number of aliphatic carboxylic acids is 1. The van der Waals surface area contributed by atoms with Crippen molar-refractivity contribution in [2.75, 3.05) is 6.61 Å². The van der Waals surface area contributed by atoms with E-state index in [0.29, 0.717) is 6.61 Å². The van der Waals surface area contributed by atoms with E-state index in [1.807, 2.05) is 0 Å². The van der Waals surface area contributed by atoms with E-state index in [-0.39, 0.29) is 12.5 Å². The summed E-state index contributed by atoms with van der Waals surface area (Å²) in [6.07, 6.45) is 1.42. The number of carbonyl (C=O) groups is 1. The third-order valence-corrected chi connectivity index (χ3v) is 0.961. The standard InChI is InChI=1S/C7H12O3/c1-3-4-10-6(2)5-7(8)9/h3,6H,1,4-5H2,2H3,(H,8,9)/t6-/m1/s1. The van der Waals surface area contributed by atoms with Crippen LogP contribution in [0.15, 0.2) is 12.7 Å². The highest BCUT2D eigenvalue weighted by molar-refractivity contribution is 5.67. The van der Waals surface area contributed by atoms with E-state index in [9.17, 15) is 4.79 Å². The van der Waals surface area contributed by atoms with Gasteiger partial charge in [0, 0.05) is 0 Å². The summed E-state index contributed by atoms with van der Waals surface area (Å²) in [6.45, 7) is 5.57. The van der Waals surface area contributed by atoms with E-state index in [1.165, 1.54) is 0 Å². The number of carboxylic acid groups (broad SMARTS) is 1. The average molecular weight is 144 g/mol. The third-order valence-electron chi connectivity index (χ3n) is 0.961. The summed E-state index contributed by atoms with van der Waals surface area (Å²) in [5.41, 5.74) is 0. The van der Waals surface area contributed by atoms with E-state index in [1.54, 1.807) is 13.0 Å². The summed E-state index contributed by atoms with van der Waals surface area (Å²) in [5, 5.41) is 8.28. The van der Waals surface area contributed by atoms with Crippen LogP contribution < -0.4 is 0 Å². The quantitative estimate of drug-likeness (QED) is 0.587. The van der Waals surface area contributed by atoms with Crippen molar-refractivity contribution < 1.29 is 14.6 Å². The minimum atomic E-state index is -0.837. The summed E-state index contributed by atoms with van der Waals surface area (Å²) < 4.78 is 5.00. The Bertz CT molecular complexity index is 120. The van der Waals surface area contributed by atoms with E-state index in [2.05, 4.69) is 6.58 Å². The molecule has 3 nitrogen and oxygen atoms in total. The van der Waals surface area contributed by atoms with Crippen LogP contribution in [0, 0.1) is 0 Å². The molecule has 0 aromatic heterocycles. The lowest BCUT2D eigenvalue weighted by Crippen LogP contribution is -2.13.